The molecule has 0 aliphatic carbocycles. The van der Waals surface area contributed by atoms with Gasteiger partial charge in [0.2, 0.25) is 10.0 Å². The van der Waals surface area contributed by atoms with Crippen molar-refractivity contribution in [1.82, 2.24) is 4.72 Å². The fourth-order valence-electron chi connectivity index (χ4n) is 2.14. The second-order valence-corrected chi connectivity index (χ2v) is 8.12. The Labute approximate surface area is 143 Å². The summed E-state index contributed by atoms with van der Waals surface area (Å²) in [6, 6.07) is 2.68. The molecule has 0 fully saturated rings. The van der Waals surface area contributed by atoms with Crippen LogP contribution in [0.1, 0.15) is 45.1 Å². The number of benzene rings is 1. The van der Waals surface area contributed by atoms with Crippen molar-refractivity contribution in [3.63, 3.8) is 0 Å². The van der Waals surface area contributed by atoms with Gasteiger partial charge in [-0.05, 0) is 30.5 Å². The average molecular weight is 416 g/mol. The summed E-state index contributed by atoms with van der Waals surface area (Å²) in [5, 5.41) is 0. The van der Waals surface area contributed by atoms with Crippen molar-refractivity contribution < 1.29 is 21.6 Å². The number of hydrogen-bond acceptors (Lipinski definition) is 2. The molecule has 0 saturated carbocycles. The number of hydrogen-bond donors (Lipinski definition) is 1. The fraction of sp³-hybridized carbons (Fsp3) is 0.600. The number of unbranched alkanes of at least 4 members (excludes halogenated alkanes) is 1. The molecule has 1 aromatic rings. The zero-order chi connectivity index (χ0) is 17.7. The van der Waals surface area contributed by atoms with Crippen molar-refractivity contribution in [2.75, 3.05) is 6.54 Å². The van der Waals surface area contributed by atoms with E-state index in [1.54, 1.807) is 0 Å². The van der Waals surface area contributed by atoms with E-state index in [-0.39, 0.29) is 21.8 Å². The van der Waals surface area contributed by atoms with Gasteiger partial charge in [0.1, 0.15) is 0 Å². The molecule has 0 aliphatic heterocycles. The van der Waals surface area contributed by atoms with Crippen molar-refractivity contribution >= 4 is 26.0 Å². The molecule has 0 radical (unpaired) electrons. The van der Waals surface area contributed by atoms with Crippen LogP contribution in [0, 0.1) is 5.92 Å². The number of sulfonamides is 1. The van der Waals surface area contributed by atoms with Crippen LogP contribution in [0.3, 0.4) is 0 Å². The third kappa shape index (κ3) is 6.43. The first-order chi connectivity index (χ1) is 10.6. The van der Waals surface area contributed by atoms with Gasteiger partial charge in [0, 0.05) is 11.0 Å². The average Bonchev–Trinajstić information content (AvgIpc) is 2.46. The molecule has 1 N–H and O–H groups in total. The maximum atomic E-state index is 12.8. The third-order valence-corrected chi connectivity index (χ3v) is 5.48. The van der Waals surface area contributed by atoms with Crippen molar-refractivity contribution in [3.8, 4) is 0 Å². The molecule has 0 unspecified atom stereocenters. The summed E-state index contributed by atoms with van der Waals surface area (Å²) in [4.78, 5) is -0.385. The third-order valence-electron chi connectivity index (χ3n) is 3.61. The van der Waals surface area contributed by atoms with Gasteiger partial charge in [-0.2, -0.15) is 13.2 Å². The summed E-state index contributed by atoms with van der Waals surface area (Å²) in [6.07, 6.45) is -0.878. The first-order valence-electron chi connectivity index (χ1n) is 7.47. The van der Waals surface area contributed by atoms with Crippen molar-refractivity contribution in [2.24, 2.45) is 5.92 Å². The van der Waals surface area contributed by atoms with E-state index in [0.717, 1.165) is 31.7 Å². The van der Waals surface area contributed by atoms with E-state index in [4.69, 9.17) is 0 Å². The first-order valence-corrected chi connectivity index (χ1v) is 9.75. The molecule has 23 heavy (non-hydrogen) atoms. The Balaban J connectivity index is 2.94. The number of rotatable bonds is 8. The molecule has 0 spiro atoms. The SMILES string of the molecule is CCCC[C@H](CC)CNS(=O)(=O)c1cc(Br)cc(C(F)(F)F)c1. The number of alkyl halides is 3. The van der Waals surface area contributed by atoms with Gasteiger partial charge in [-0.25, -0.2) is 13.1 Å². The Morgan fingerprint density at radius 3 is 2.39 bits per heavy atom. The molecule has 3 nitrogen and oxygen atoms in total. The lowest BCUT2D eigenvalue weighted by molar-refractivity contribution is -0.137. The topological polar surface area (TPSA) is 46.2 Å². The molecule has 1 rings (SSSR count). The maximum Gasteiger partial charge on any atom is 0.416 e. The van der Waals surface area contributed by atoms with Crippen LogP contribution in [0.15, 0.2) is 27.6 Å². The van der Waals surface area contributed by atoms with Gasteiger partial charge in [0.05, 0.1) is 10.5 Å². The highest BCUT2D eigenvalue weighted by Crippen LogP contribution is 2.33. The van der Waals surface area contributed by atoms with Crippen LogP contribution < -0.4 is 4.72 Å². The molecule has 1 atom stereocenters. The quantitative estimate of drug-likeness (QED) is 0.651. The lowest BCUT2D eigenvalue weighted by Gasteiger charge is -2.16. The van der Waals surface area contributed by atoms with Crippen molar-refractivity contribution in [3.05, 3.63) is 28.2 Å². The standard InChI is InChI=1S/C15H21BrF3NO2S/c1-3-5-6-11(4-2)10-20-23(21,22)14-8-12(15(17,18)19)7-13(16)9-14/h7-9,11,20H,3-6,10H2,1-2H3/t11-/m0/s1. The zero-order valence-corrected chi connectivity index (χ0v) is 15.5. The van der Waals surface area contributed by atoms with Gasteiger partial charge in [-0.1, -0.05) is 49.0 Å². The van der Waals surface area contributed by atoms with Gasteiger partial charge >= 0.3 is 6.18 Å². The molecule has 0 amide bonds. The Bertz CT molecular complexity index is 618. The Morgan fingerprint density at radius 2 is 1.87 bits per heavy atom. The molecule has 0 aromatic heterocycles. The van der Waals surface area contributed by atoms with E-state index < -0.39 is 21.8 Å². The number of nitrogens with one attached hydrogen (secondary N) is 1. The molecule has 0 saturated heterocycles. The van der Waals surface area contributed by atoms with Crippen LogP contribution >= 0.6 is 15.9 Å². The summed E-state index contributed by atoms with van der Waals surface area (Å²) in [7, 11) is -3.98. The van der Waals surface area contributed by atoms with E-state index in [9.17, 15) is 21.6 Å². The van der Waals surface area contributed by atoms with E-state index in [1.165, 1.54) is 6.07 Å². The summed E-state index contributed by atoms with van der Waals surface area (Å²) in [5.74, 6) is 0.180. The zero-order valence-electron chi connectivity index (χ0n) is 13.1. The van der Waals surface area contributed by atoms with Crippen LogP contribution in [0.5, 0.6) is 0 Å². The Morgan fingerprint density at radius 1 is 1.22 bits per heavy atom. The summed E-state index contributed by atoms with van der Waals surface area (Å²) in [6.45, 7) is 4.25. The van der Waals surface area contributed by atoms with Crippen LogP contribution in [0.25, 0.3) is 0 Å². The molecule has 0 bridgehead atoms. The van der Waals surface area contributed by atoms with Gasteiger partial charge in [0.25, 0.3) is 0 Å². The summed E-state index contributed by atoms with van der Waals surface area (Å²) < 4.78 is 65.4. The smallest absolute Gasteiger partial charge is 0.211 e. The van der Waals surface area contributed by atoms with Crippen molar-refractivity contribution in [2.45, 2.75) is 50.6 Å². The molecule has 0 heterocycles. The van der Waals surface area contributed by atoms with Crippen LogP contribution in [0.2, 0.25) is 0 Å². The van der Waals surface area contributed by atoms with Crippen LogP contribution in [0.4, 0.5) is 13.2 Å². The largest absolute Gasteiger partial charge is 0.416 e. The van der Waals surface area contributed by atoms with Gasteiger partial charge in [-0.15, -0.1) is 0 Å². The monoisotopic (exact) mass is 415 g/mol. The summed E-state index contributed by atoms with van der Waals surface area (Å²) >= 11 is 2.93. The van der Waals surface area contributed by atoms with Gasteiger partial charge in [-0.3, -0.25) is 0 Å². The molecule has 0 aliphatic rings. The van der Waals surface area contributed by atoms with E-state index >= 15 is 0 Å². The predicted octanol–water partition coefficient (Wildman–Crippen LogP) is 4.96. The van der Waals surface area contributed by atoms with E-state index in [1.807, 2.05) is 6.92 Å². The molecular formula is C15H21BrF3NO2S. The highest BCUT2D eigenvalue weighted by atomic mass is 79.9. The Kier molecular flexibility index (Phi) is 7.54. The normalized spacial score (nSPS) is 14.0. The predicted molar refractivity (Wildman–Crippen MR) is 87.6 cm³/mol. The molecule has 8 heteroatoms. The second-order valence-electron chi connectivity index (χ2n) is 5.44. The lowest BCUT2D eigenvalue weighted by Crippen LogP contribution is -2.29. The number of halogens is 4. The maximum absolute atomic E-state index is 12.8. The minimum atomic E-state index is -4.60. The van der Waals surface area contributed by atoms with E-state index in [0.29, 0.717) is 6.07 Å². The molecule has 132 valence electrons. The van der Waals surface area contributed by atoms with Crippen molar-refractivity contribution in [1.29, 1.82) is 0 Å². The molecule has 1 aromatic carbocycles. The van der Waals surface area contributed by atoms with E-state index in [2.05, 4.69) is 27.6 Å². The van der Waals surface area contributed by atoms with Gasteiger partial charge < -0.3 is 0 Å². The Hall–Kier alpha value is -0.600. The fourth-order valence-corrected chi connectivity index (χ4v) is 3.97. The summed E-state index contributed by atoms with van der Waals surface area (Å²) in [5.41, 5.74) is -0.995. The van der Waals surface area contributed by atoms with Crippen LogP contribution in [-0.4, -0.2) is 15.0 Å². The highest BCUT2D eigenvalue weighted by molar-refractivity contribution is 9.10. The lowest BCUT2D eigenvalue weighted by atomic mass is 10.00. The van der Waals surface area contributed by atoms with Crippen LogP contribution in [-0.2, 0) is 16.2 Å². The second kappa shape index (κ2) is 8.48. The molecular weight excluding hydrogens is 395 g/mol. The minimum absolute atomic E-state index is 0.0747. The first kappa shape index (κ1) is 20.4. The minimum Gasteiger partial charge on any atom is -0.211 e. The van der Waals surface area contributed by atoms with Gasteiger partial charge in [0.15, 0.2) is 0 Å². The highest BCUT2D eigenvalue weighted by Gasteiger charge is 2.32.